The second-order valence-electron chi connectivity index (χ2n) is 8.84. The number of hydrogen-bond acceptors (Lipinski definition) is 5. The molecule has 0 bridgehead atoms. The highest BCUT2D eigenvalue weighted by molar-refractivity contribution is 7.10. The maximum atomic E-state index is 12.4. The van der Waals surface area contributed by atoms with Crippen LogP contribution in [0.25, 0.3) is 11.1 Å². The van der Waals surface area contributed by atoms with Crippen molar-refractivity contribution in [1.82, 2.24) is 5.32 Å². The molecule has 0 fully saturated rings. The normalized spacial score (nSPS) is 14.3. The molecule has 6 heteroatoms. The van der Waals surface area contributed by atoms with Crippen LogP contribution in [-0.2, 0) is 11.2 Å². The van der Waals surface area contributed by atoms with E-state index >= 15 is 0 Å². The summed E-state index contributed by atoms with van der Waals surface area (Å²) < 4.78 is 5.52. The quantitative estimate of drug-likeness (QED) is 0.304. The Balaban J connectivity index is 1.28. The molecule has 1 heterocycles. The molecule has 0 aliphatic heterocycles. The summed E-state index contributed by atoms with van der Waals surface area (Å²) in [5.74, 6) is -0.0185. The smallest absolute Gasteiger partial charge is 0.407 e. The number of nitrogens with one attached hydrogen (secondary N) is 1. The lowest BCUT2D eigenvalue weighted by Gasteiger charge is -2.19. The molecule has 2 unspecified atom stereocenters. The van der Waals surface area contributed by atoms with Crippen molar-refractivity contribution in [3.8, 4) is 11.1 Å². The Morgan fingerprint density at radius 2 is 1.68 bits per heavy atom. The summed E-state index contributed by atoms with van der Waals surface area (Å²) in [6.07, 6.45) is 2.77. The zero-order valence-electron chi connectivity index (χ0n) is 19.6. The monoisotopic (exact) mass is 479 g/mol. The highest BCUT2D eigenvalue weighted by Crippen LogP contribution is 2.44. The van der Waals surface area contributed by atoms with E-state index in [4.69, 9.17) is 4.74 Å². The predicted octanol–water partition coefficient (Wildman–Crippen LogP) is 5.80. The first-order chi connectivity index (χ1) is 16.6. The molecule has 3 N–H and O–H groups in total. The zero-order valence-corrected chi connectivity index (χ0v) is 20.4. The Morgan fingerprint density at radius 3 is 2.35 bits per heavy atom. The van der Waals surface area contributed by atoms with Gasteiger partial charge in [0.25, 0.3) is 0 Å². The highest BCUT2D eigenvalue weighted by Gasteiger charge is 2.29. The van der Waals surface area contributed by atoms with Gasteiger partial charge < -0.3 is 20.3 Å². The Hall–Kier alpha value is -2.67. The molecule has 2 atom stereocenters. The van der Waals surface area contributed by atoms with Gasteiger partial charge in [-0.15, -0.1) is 11.3 Å². The number of fused-ring (bicyclic) bond motifs is 3. The summed E-state index contributed by atoms with van der Waals surface area (Å²) in [6, 6.07) is 18.4. The molecule has 0 saturated heterocycles. The first kappa shape index (κ1) is 24.5. The summed E-state index contributed by atoms with van der Waals surface area (Å²) in [5, 5.41) is 25.7. The van der Waals surface area contributed by atoms with Gasteiger partial charge in [-0.25, -0.2) is 4.79 Å². The standard InChI is InChI=1S/C28H33NO4S/c1-2-3-4-5-10-19-15-16-34-27(19)26(31)25(30)17-29-28(32)33-18-24-22-13-8-6-11-20(22)21-12-7-9-14-23(21)24/h6-9,11-16,24-26,30-31H,2-5,10,17-18H2,1H3,(H,29,32). The maximum Gasteiger partial charge on any atom is 0.407 e. The zero-order chi connectivity index (χ0) is 23.9. The highest BCUT2D eigenvalue weighted by atomic mass is 32.1. The first-order valence-electron chi connectivity index (χ1n) is 12.1. The molecule has 0 radical (unpaired) electrons. The summed E-state index contributed by atoms with van der Waals surface area (Å²) in [5.41, 5.74) is 5.72. The molecule has 2 aromatic carbocycles. The van der Waals surface area contributed by atoms with Gasteiger partial charge in [-0.05, 0) is 52.1 Å². The molecule has 4 rings (SSSR count). The van der Waals surface area contributed by atoms with Crippen LogP contribution >= 0.6 is 11.3 Å². The van der Waals surface area contributed by atoms with Gasteiger partial charge in [0.1, 0.15) is 18.8 Å². The minimum Gasteiger partial charge on any atom is -0.449 e. The number of aryl methyl sites for hydroxylation is 1. The molecule has 1 aromatic heterocycles. The number of benzene rings is 2. The van der Waals surface area contributed by atoms with Crippen molar-refractivity contribution >= 4 is 17.4 Å². The molecule has 3 aromatic rings. The number of hydrogen-bond donors (Lipinski definition) is 3. The van der Waals surface area contributed by atoms with Crippen LogP contribution in [0.2, 0.25) is 0 Å². The van der Waals surface area contributed by atoms with Crippen molar-refractivity contribution in [2.24, 2.45) is 0 Å². The van der Waals surface area contributed by atoms with Crippen LogP contribution < -0.4 is 5.32 Å². The van der Waals surface area contributed by atoms with Crippen molar-refractivity contribution in [1.29, 1.82) is 0 Å². The second kappa shape index (κ2) is 11.6. The molecule has 34 heavy (non-hydrogen) atoms. The number of amides is 1. The van der Waals surface area contributed by atoms with E-state index in [1.165, 1.54) is 35.3 Å². The Morgan fingerprint density at radius 1 is 1.00 bits per heavy atom. The van der Waals surface area contributed by atoms with E-state index in [1.807, 2.05) is 35.7 Å². The van der Waals surface area contributed by atoms with Crippen LogP contribution in [-0.4, -0.2) is 35.6 Å². The number of aliphatic hydroxyl groups is 2. The van der Waals surface area contributed by atoms with Gasteiger partial charge in [0.2, 0.25) is 0 Å². The van der Waals surface area contributed by atoms with Crippen molar-refractivity contribution in [3.05, 3.63) is 81.5 Å². The average molecular weight is 480 g/mol. The molecular formula is C28H33NO4S. The predicted molar refractivity (Wildman–Crippen MR) is 136 cm³/mol. The number of aliphatic hydroxyl groups excluding tert-OH is 2. The lowest BCUT2D eigenvalue weighted by atomic mass is 9.98. The second-order valence-corrected chi connectivity index (χ2v) is 9.79. The third-order valence-electron chi connectivity index (χ3n) is 6.51. The lowest BCUT2D eigenvalue weighted by molar-refractivity contribution is 0.0202. The number of thiophene rings is 1. The van der Waals surface area contributed by atoms with Gasteiger partial charge in [0.15, 0.2) is 0 Å². The SMILES string of the molecule is CCCCCCc1ccsc1C(O)C(O)CNC(=O)OCC1c2ccccc2-c2ccccc21. The Kier molecular flexibility index (Phi) is 8.38. The molecule has 0 saturated carbocycles. The lowest BCUT2D eigenvalue weighted by Crippen LogP contribution is -2.36. The van der Waals surface area contributed by atoms with E-state index in [0.29, 0.717) is 0 Å². The van der Waals surface area contributed by atoms with Gasteiger partial charge in [-0.3, -0.25) is 0 Å². The van der Waals surface area contributed by atoms with E-state index in [-0.39, 0.29) is 19.1 Å². The third-order valence-corrected chi connectivity index (χ3v) is 7.54. The summed E-state index contributed by atoms with van der Waals surface area (Å²) in [6.45, 7) is 2.32. The Labute approximate surface area is 205 Å². The van der Waals surface area contributed by atoms with Crippen molar-refractivity contribution in [3.63, 3.8) is 0 Å². The van der Waals surface area contributed by atoms with Crippen molar-refractivity contribution in [2.75, 3.05) is 13.2 Å². The topological polar surface area (TPSA) is 78.8 Å². The van der Waals surface area contributed by atoms with Gasteiger partial charge in [-0.1, -0.05) is 74.7 Å². The van der Waals surface area contributed by atoms with Crippen LogP contribution in [0, 0.1) is 0 Å². The van der Waals surface area contributed by atoms with Crippen LogP contribution in [0.3, 0.4) is 0 Å². The largest absolute Gasteiger partial charge is 0.449 e. The van der Waals surface area contributed by atoms with Crippen LogP contribution in [0.5, 0.6) is 0 Å². The van der Waals surface area contributed by atoms with E-state index in [1.54, 1.807) is 0 Å². The number of carbonyl (C=O) groups excluding carboxylic acids is 1. The van der Waals surface area contributed by atoms with Crippen molar-refractivity contribution in [2.45, 2.75) is 57.2 Å². The van der Waals surface area contributed by atoms with Crippen LogP contribution in [0.4, 0.5) is 4.79 Å². The van der Waals surface area contributed by atoms with E-state index in [9.17, 15) is 15.0 Å². The fourth-order valence-corrected chi connectivity index (χ4v) is 5.68. The fourth-order valence-electron chi connectivity index (χ4n) is 4.68. The van der Waals surface area contributed by atoms with Gasteiger partial charge in [0.05, 0.1) is 0 Å². The molecule has 1 aliphatic carbocycles. The van der Waals surface area contributed by atoms with E-state index in [0.717, 1.165) is 40.8 Å². The molecule has 1 aliphatic rings. The molecule has 180 valence electrons. The number of carbonyl (C=O) groups is 1. The van der Waals surface area contributed by atoms with Gasteiger partial charge >= 0.3 is 6.09 Å². The summed E-state index contributed by atoms with van der Waals surface area (Å²) in [4.78, 5) is 13.2. The van der Waals surface area contributed by atoms with E-state index < -0.39 is 18.3 Å². The minimum absolute atomic E-state index is 0.0185. The molecule has 0 spiro atoms. The number of ether oxygens (including phenoxy) is 1. The number of alkyl carbamates (subject to hydrolysis) is 1. The average Bonchev–Trinajstić information content (AvgIpc) is 3.46. The first-order valence-corrected chi connectivity index (χ1v) is 13.0. The van der Waals surface area contributed by atoms with Crippen LogP contribution in [0.15, 0.2) is 60.0 Å². The summed E-state index contributed by atoms with van der Waals surface area (Å²) >= 11 is 1.44. The Bertz CT molecular complexity index is 1050. The number of rotatable bonds is 11. The maximum absolute atomic E-state index is 12.4. The summed E-state index contributed by atoms with van der Waals surface area (Å²) in [7, 11) is 0. The van der Waals surface area contributed by atoms with Gasteiger partial charge in [0, 0.05) is 17.3 Å². The fraction of sp³-hybridized carbons (Fsp3) is 0.393. The minimum atomic E-state index is -1.10. The van der Waals surface area contributed by atoms with Gasteiger partial charge in [-0.2, -0.15) is 0 Å². The third kappa shape index (κ3) is 5.52. The number of unbranched alkanes of at least 4 members (excludes halogenated alkanes) is 3. The molecule has 5 nitrogen and oxygen atoms in total. The van der Waals surface area contributed by atoms with Crippen LogP contribution in [0.1, 0.15) is 66.2 Å². The molecular weight excluding hydrogens is 446 g/mol. The van der Waals surface area contributed by atoms with Crippen molar-refractivity contribution < 1.29 is 19.7 Å². The van der Waals surface area contributed by atoms with E-state index in [2.05, 4.69) is 36.5 Å². The molecule has 1 amide bonds.